The van der Waals surface area contributed by atoms with Crippen molar-refractivity contribution in [1.29, 1.82) is 0 Å². The molecule has 0 nitrogen and oxygen atoms in total. The van der Waals surface area contributed by atoms with Gasteiger partial charge in [0.25, 0.3) is 0 Å². The van der Waals surface area contributed by atoms with Crippen LogP contribution in [0.3, 0.4) is 0 Å². The molecule has 6 heavy (non-hydrogen) atoms. The molecular formula is C4H11AsGe. The molecule has 0 bridgehead atoms. The first-order valence-corrected chi connectivity index (χ1v) is 11.3. The summed E-state index contributed by atoms with van der Waals surface area (Å²) in [4.78, 5) is 0. The van der Waals surface area contributed by atoms with Gasteiger partial charge in [0, 0.05) is 0 Å². The van der Waals surface area contributed by atoms with Crippen molar-refractivity contribution in [2.24, 2.45) is 0 Å². The zero-order valence-corrected chi connectivity index (χ0v) is 8.63. The van der Waals surface area contributed by atoms with Crippen LogP contribution in [-0.2, 0) is 0 Å². The third-order valence-corrected chi connectivity index (χ3v) is 12.8. The monoisotopic (exact) mass is 208 g/mol. The van der Waals surface area contributed by atoms with E-state index >= 15 is 0 Å². The summed E-state index contributed by atoms with van der Waals surface area (Å²) in [6, 6.07) is 0. The summed E-state index contributed by atoms with van der Waals surface area (Å²) in [6.07, 6.45) is 0. The van der Waals surface area contributed by atoms with E-state index < -0.39 is 13.3 Å². The first kappa shape index (κ1) is 7.10. The Balaban J connectivity index is 3.17. The first-order chi connectivity index (χ1) is 2.56. The van der Waals surface area contributed by atoms with E-state index in [0.717, 1.165) is 0 Å². The van der Waals surface area contributed by atoms with Gasteiger partial charge in [0.15, 0.2) is 0 Å². The van der Waals surface area contributed by atoms with Gasteiger partial charge in [0.05, 0.1) is 0 Å². The van der Waals surface area contributed by atoms with E-state index in [4.69, 9.17) is 0 Å². The molecule has 0 saturated heterocycles. The molecule has 0 spiro atoms. The minimum atomic E-state index is -1.07. The number of hydrogen-bond acceptors (Lipinski definition) is 0. The molecule has 2 radical (unpaired) electrons. The van der Waals surface area contributed by atoms with E-state index in [-0.39, 0.29) is 0 Å². The van der Waals surface area contributed by atoms with E-state index in [1.165, 1.54) is 4.04 Å². The van der Waals surface area contributed by atoms with Crippen LogP contribution in [0.5, 0.6) is 0 Å². The Morgan fingerprint density at radius 1 is 1.33 bits per heavy atom. The van der Waals surface area contributed by atoms with Gasteiger partial charge >= 0.3 is 51.4 Å². The van der Waals surface area contributed by atoms with E-state index in [2.05, 4.69) is 34.1 Å². The fourth-order valence-corrected chi connectivity index (χ4v) is 0. The Hall–Kier alpha value is 1.10. The van der Waals surface area contributed by atoms with Crippen LogP contribution >= 0.6 is 0 Å². The predicted octanol–water partition coefficient (Wildman–Crippen LogP) is 1.45. The zero-order valence-electron chi connectivity index (χ0n) is 4.65. The fourth-order valence-electron chi connectivity index (χ4n) is 0. The molecule has 36 valence electrons. The molecule has 0 aromatic carbocycles. The van der Waals surface area contributed by atoms with Gasteiger partial charge in [-0.3, -0.25) is 0 Å². The Bertz CT molecular complexity index is 37.3. The van der Waals surface area contributed by atoms with Crippen LogP contribution in [0.1, 0.15) is 0 Å². The molecule has 2 heteroatoms. The van der Waals surface area contributed by atoms with Crippen LogP contribution in [0.4, 0.5) is 0 Å². The van der Waals surface area contributed by atoms with Crippen LogP contribution in [0, 0.1) is 0 Å². The maximum atomic E-state index is 2.68. The molecule has 0 unspecified atom stereocenters. The van der Waals surface area contributed by atoms with E-state index in [0.29, 0.717) is 0 Å². The molecular weight excluding hydrogens is 196 g/mol. The summed E-state index contributed by atoms with van der Waals surface area (Å²) in [5.74, 6) is 7.24. The standard InChI is InChI=1S/C4H11AsGe/c1-6(2,3)4-5/h4H2,1-3H3. The summed E-state index contributed by atoms with van der Waals surface area (Å²) in [7, 11) is 0. The molecule has 0 aliphatic heterocycles. The van der Waals surface area contributed by atoms with E-state index in [1.54, 1.807) is 0 Å². The van der Waals surface area contributed by atoms with Gasteiger partial charge in [0.1, 0.15) is 0 Å². The molecule has 0 aliphatic carbocycles. The second kappa shape index (κ2) is 2.42. The Labute approximate surface area is 51.6 Å². The van der Waals surface area contributed by atoms with Crippen molar-refractivity contribution in [2.75, 3.05) is 0 Å². The van der Waals surface area contributed by atoms with Crippen LogP contribution in [0.2, 0.25) is 21.3 Å². The second-order valence-electron chi connectivity index (χ2n) is 2.72. The van der Waals surface area contributed by atoms with Crippen molar-refractivity contribution in [3.63, 3.8) is 0 Å². The summed E-state index contributed by atoms with van der Waals surface area (Å²) < 4.78 is 1.40. The van der Waals surface area contributed by atoms with Crippen molar-refractivity contribution < 1.29 is 0 Å². The predicted molar refractivity (Wildman–Crippen MR) is 33.9 cm³/mol. The van der Waals surface area contributed by atoms with Gasteiger partial charge in [-0.25, -0.2) is 0 Å². The quantitative estimate of drug-likeness (QED) is 0.570. The summed E-state index contributed by atoms with van der Waals surface area (Å²) in [5.41, 5.74) is 0. The van der Waals surface area contributed by atoms with Crippen LogP contribution < -0.4 is 0 Å². The summed E-state index contributed by atoms with van der Waals surface area (Å²) >= 11 is 1.61. The molecule has 0 saturated carbocycles. The van der Waals surface area contributed by atoms with Crippen molar-refractivity contribution in [3.8, 4) is 0 Å². The molecule has 0 atom stereocenters. The maximum absolute atomic E-state index is 2.68. The molecule has 0 rings (SSSR count). The molecule has 0 amide bonds. The third-order valence-electron chi connectivity index (χ3n) is 0.474. The van der Waals surface area contributed by atoms with E-state index in [1.807, 2.05) is 0 Å². The van der Waals surface area contributed by atoms with Crippen molar-refractivity contribution in [3.05, 3.63) is 0 Å². The molecule has 0 aromatic rings. The summed E-state index contributed by atoms with van der Waals surface area (Å²) in [6.45, 7) is 0. The van der Waals surface area contributed by atoms with Gasteiger partial charge < -0.3 is 0 Å². The average molecular weight is 207 g/mol. The van der Waals surface area contributed by atoms with Crippen LogP contribution in [0.15, 0.2) is 0 Å². The zero-order chi connectivity index (χ0) is 5.21. The Kier molecular flexibility index (Phi) is 2.86. The first-order valence-electron chi connectivity index (χ1n) is 2.17. The van der Waals surface area contributed by atoms with Gasteiger partial charge in [-0.1, -0.05) is 0 Å². The van der Waals surface area contributed by atoms with Crippen molar-refractivity contribution in [1.82, 2.24) is 0 Å². The normalized spacial score (nSPS) is 12.0. The van der Waals surface area contributed by atoms with Gasteiger partial charge in [-0.15, -0.1) is 0 Å². The molecule has 0 aromatic heterocycles. The molecule has 0 aliphatic rings. The average Bonchev–Trinajstić information content (AvgIpc) is 1.35. The Morgan fingerprint density at radius 3 is 1.50 bits per heavy atom. The molecule has 0 heterocycles. The topological polar surface area (TPSA) is 0 Å². The Morgan fingerprint density at radius 2 is 1.50 bits per heavy atom. The fraction of sp³-hybridized carbons (Fsp3) is 1.00. The van der Waals surface area contributed by atoms with Crippen molar-refractivity contribution in [2.45, 2.75) is 21.3 Å². The SMILES string of the molecule is [CH3][Ge]([CH3])([CH3])[CH2][As]. The van der Waals surface area contributed by atoms with Crippen LogP contribution in [-0.4, -0.2) is 30.1 Å². The van der Waals surface area contributed by atoms with Crippen molar-refractivity contribution >= 4 is 30.1 Å². The van der Waals surface area contributed by atoms with Gasteiger partial charge in [0.2, 0.25) is 0 Å². The molecule has 0 N–H and O–H groups in total. The minimum absolute atomic E-state index is 1.07. The van der Waals surface area contributed by atoms with Gasteiger partial charge in [-0.05, 0) is 0 Å². The third kappa shape index (κ3) is 5.10. The molecule has 0 fully saturated rings. The van der Waals surface area contributed by atoms with Gasteiger partial charge in [-0.2, -0.15) is 0 Å². The van der Waals surface area contributed by atoms with Crippen LogP contribution in [0.25, 0.3) is 0 Å². The number of rotatable bonds is 1. The number of hydrogen-bond donors (Lipinski definition) is 0. The van der Waals surface area contributed by atoms with E-state index in [9.17, 15) is 0 Å². The second-order valence-corrected chi connectivity index (χ2v) is 17.6. The summed E-state index contributed by atoms with van der Waals surface area (Å²) in [5, 5.41) is 0.